The van der Waals surface area contributed by atoms with Crippen molar-refractivity contribution >= 4 is 24.0 Å². The van der Waals surface area contributed by atoms with E-state index >= 15 is 0 Å². The number of pyridine rings is 1. The first-order valence-corrected chi connectivity index (χ1v) is 6.78. The summed E-state index contributed by atoms with van der Waals surface area (Å²) in [6.45, 7) is 2.06. The number of aromatic nitrogens is 3. The molecule has 3 heterocycles. The summed E-state index contributed by atoms with van der Waals surface area (Å²) in [4.78, 5) is 23.8. The third-order valence-corrected chi connectivity index (χ3v) is 3.46. The summed E-state index contributed by atoms with van der Waals surface area (Å²) in [6.07, 6.45) is 2.89. The molecule has 0 radical (unpaired) electrons. The van der Waals surface area contributed by atoms with Gasteiger partial charge in [0.25, 0.3) is 0 Å². The van der Waals surface area contributed by atoms with E-state index in [4.69, 9.17) is 0 Å². The maximum atomic E-state index is 12.0. The zero-order chi connectivity index (χ0) is 13.9. The number of rotatable bonds is 4. The maximum Gasteiger partial charge on any atom is 0.350 e. The normalized spacial score (nSPS) is 17.6. The summed E-state index contributed by atoms with van der Waals surface area (Å²) in [7, 11) is 0. The second kappa shape index (κ2) is 6.73. The number of amides is 1. The van der Waals surface area contributed by atoms with Gasteiger partial charge >= 0.3 is 5.69 Å². The molecule has 0 aliphatic carbocycles. The fourth-order valence-electron chi connectivity index (χ4n) is 2.40. The van der Waals surface area contributed by atoms with E-state index in [0.717, 1.165) is 19.5 Å². The van der Waals surface area contributed by atoms with Gasteiger partial charge in [0.1, 0.15) is 0 Å². The largest absolute Gasteiger partial charge is 0.352 e. The average Bonchev–Trinajstić information content (AvgIpc) is 3.06. The number of carbonyl (C=O) groups excluding carboxylic acids is 1. The van der Waals surface area contributed by atoms with E-state index in [9.17, 15) is 9.59 Å². The molecule has 7 nitrogen and oxygen atoms in total. The summed E-state index contributed by atoms with van der Waals surface area (Å²) in [5.41, 5.74) is 0.383. The topological polar surface area (TPSA) is 80.4 Å². The highest BCUT2D eigenvalue weighted by molar-refractivity contribution is 5.85. The van der Waals surface area contributed by atoms with Crippen molar-refractivity contribution in [2.24, 2.45) is 0 Å². The van der Waals surface area contributed by atoms with Crippen LogP contribution >= 0.6 is 12.4 Å². The Bertz CT molecular complexity index is 674. The van der Waals surface area contributed by atoms with Crippen molar-refractivity contribution in [1.82, 2.24) is 24.8 Å². The first-order chi connectivity index (χ1) is 9.74. The molecule has 0 bridgehead atoms. The zero-order valence-electron chi connectivity index (χ0n) is 11.5. The van der Waals surface area contributed by atoms with Crippen LogP contribution in [0.5, 0.6) is 0 Å². The Labute approximate surface area is 127 Å². The number of nitrogens with zero attached hydrogens (tertiary/aromatic N) is 3. The number of halogens is 1. The Hall–Kier alpha value is -1.86. The standard InChI is InChI=1S/C13H17N5O2.ClH/c19-12(15-10-4-6-14-9-10)5-8-18-13(20)17-7-2-1-3-11(17)16-18;/h1-3,7,10,14H,4-6,8-9H2,(H,15,19);1H. The van der Waals surface area contributed by atoms with E-state index < -0.39 is 0 Å². The van der Waals surface area contributed by atoms with Gasteiger partial charge in [-0.3, -0.25) is 9.20 Å². The van der Waals surface area contributed by atoms with Gasteiger partial charge in [-0.1, -0.05) is 6.07 Å². The molecule has 8 heteroatoms. The minimum atomic E-state index is -0.212. The third kappa shape index (κ3) is 3.43. The molecule has 2 N–H and O–H groups in total. The van der Waals surface area contributed by atoms with Crippen molar-refractivity contribution in [2.75, 3.05) is 13.1 Å². The molecule has 0 saturated carbocycles. The molecule has 1 atom stereocenters. The van der Waals surface area contributed by atoms with Crippen molar-refractivity contribution in [1.29, 1.82) is 0 Å². The van der Waals surface area contributed by atoms with Gasteiger partial charge in [0.15, 0.2) is 5.65 Å². The van der Waals surface area contributed by atoms with Crippen molar-refractivity contribution in [3.63, 3.8) is 0 Å². The summed E-state index contributed by atoms with van der Waals surface area (Å²) in [5.74, 6) is -0.0392. The maximum absolute atomic E-state index is 12.0. The highest BCUT2D eigenvalue weighted by Crippen LogP contribution is 1.99. The SMILES string of the molecule is Cl.O=C(CCn1nc2ccccn2c1=O)NC1CCNC1. The lowest BCUT2D eigenvalue weighted by Crippen LogP contribution is -2.37. The number of hydrogen-bond acceptors (Lipinski definition) is 4. The van der Waals surface area contributed by atoms with Crippen LogP contribution in [0.15, 0.2) is 29.2 Å². The molecule has 1 amide bonds. The third-order valence-electron chi connectivity index (χ3n) is 3.46. The Morgan fingerprint density at radius 1 is 1.48 bits per heavy atom. The molecule has 114 valence electrons. The molecule has 1 fully saturated rings. The Morgan fingerprint density at radius 2 is 2.33 bits per heavy atom. The number of carbonyl (C=O) groups is 1. The van der Waals surface area contributed by atoms with Gasteiger partial charge in [0.05, 0.1) is 6.54 Å². The van der Waals surface area contributed by atoms with Gasteiger partial charge in [-0.25, -0.2) is 9.48 Å². The van der Waals surface area contributed by atoms with Crippen LogP contribution < -0.4 is 16.3 Å². The quantitative estimate of drug-likeness (QED) is 0.818. The predicted octanol–water partition coefficient (Wildman–Crippen LogP) is -0.214. The predicted molar refractivity (Wildman–Crippen MR) is 80.7 cm³/mol. The molecule has 1 saturated heterocycles. The molecule has 2 aromatic heterocycles. The lowest BCUT2D eigenvalue weighted by atomic mass is 10.2. The average molecular weight is 312 g/mol. The Balaban J connectivity index is 0.00000161. The van der Waals surface area contributed by atoms with E-state index in [1.54, 1.807) is 18.3 Å². The van der Waals surface area contributed by atoms with E-state index in [2.05, 4.69) is 15.7 Å². The Morgan fingerprint density at radius 3 is 3.05 bits per heavy atom. The lowest BCUT2D eigenvalue weighted by Gasteiger charge is -2.10. The second-order valence-electron chi connectivity index (χ2n) is 4.94. The molecule has 1 unspecified atom stereocenters. The van der Waals surface area contributed by atoms with Crippen LogP contribution in [0.3, 0.4) is 0 Å². The second-order valence-corrected chi connectivity index (χ2v) is 4.94. The molecule has 2 aromatic rings. The Kier molecular flexibility index (Phi) is 4.98. The van der Waals surface area contributed by atoms with Gasteiger partial charge in [-0.2, -0.15) is 0 Å². The summed E-state index contributed by atoms with van der Waals surface area (Å²) < 4.78 is 2.81. The fourth-order valence-corrected chi connectivity index (χ4v) is 2.40. The molecule has 0 aromatic carbocycles. The smallest absolute Gasteiger partial charge is 0.350 e. The zero-order valence-corrected chi connectivity index (χ0v) is 12.3. The van der Waals surface area contributed by atoms with Crippen LogP contribution in [0.25, 0.3) is 5.65 Å². The molecular formula is C13H18ClN5O2. The molecule has 1 aliphatic heterocycles. The first-order valence-electron chi connectivity index (χ1n) is 6.78. The molecule has 3 rings (SSSR count). The van der Waals surface area contributed by atoms with Gasteiger partial charge in [0, 0.05) is 25.2 Å². The van der Waals surface area contributed by atoms with Crippen molar-refractivity contribution < 1.29 is 4.79 Å². The van der Waals surface area contributed by atoms with E-state index in [-0.39, 0.29) is 36.5 Å². The molecule has 1 aliphatic rings. The van der Waals surface area contributed by atoms with Crippen LogP contribution in [0.2, 0.25) is 0 Å². The highest BCUT2D eigenvalue weighted by atomic mass is 35.5. The fraction of sp³-hybridized carbons (Fsp3) is 0.462. The number of hydrogen-bond donors (Lipinski definition) is 2. The monoisotopic (exact) mass is 311 g/mol. The van der Waals surface area contributed by atoms with Crippen LogP contribution in [0.4, 0.5) is 0 Å². The lowest BCUT2D eigenvalue weighted by molar-refractivity contribution is -0.121. The number of fused-ring (bicyclic) bond motifs is 1. The van der Waals surface area contributed by atoms with Crippen LogP contribution in [0, 0.1) is 0 Å². The van der Waals surface area contributed by atoms with Crippen LogP contribution in [-0.2, 0) is 11.3 Å². The van der Waals surface area contributed by atoms with Gasteiger partial charge in [-0.05, 0) is 25.1 Å². The molecule has 0 spiro atoms. The van der Waals surface area contributed by atoms with Crippen molar-refractivity contribution in [2.45, 2.75) is 25.4 Å². The minimum Gasteiger partial charge on any atom is -0.352 e. The van der Waals surface area contributed by atoms with E-state index in [0.29, 0.717) is 12.2 Å². The van der Waals surface area contributed by atoms with Crippen molar-refractivity contribution in [3.8, 4) is 0 Å². The summed E-state index contributed by atoms with van der Waals surface area (Å²) in [6, 6.07) is 5.58. The highest BCUT2D eigenvalue weighted by Gasteiger charge is 2.16. The van der Waals surface area contributed by atoms with E-state index in [1.165, 1.54) is 9.08 Å². The van der Waals surface area contributed by atoms with Gasteiger partial charge < -0.3 is 10.6 Å². The van der Waals surface area contributed by atoms with Gasteiger partial charge in [0.2, 0.25) is 5.91 Å². The van der Waals surface area contributed by atoms with Crippen LogP contribution in [0.1, 0.15) is 12.8 Å². The van der Waals surface area contributed by atoms with Crippen LogP contribution in [-0.4, -0.2) is 39.2 Å². The summed E-state index contributed by atoms with van der Waals surface area (Å²) >= 11 is 0. The first kappa shape index (κ1) is 15.5. The minimum absolute atomic E-state index is 0. The van der Waals surface area contributed by atoms with E-state index in [1.807, 2.05) is 6.07 Å². The summed E-state index contributed by atoms with van der Waals surface area (Å²) in [5, 5.41) is 10.3. The molecule has 21 heavy (non-hydrogen) atoms. The van der Waals surface area contributed by atoms with Gasteiger partial charge in [-0.15, -0.1) is 17.5 Å². The number of aryl methyl sites for hydroxylation is 1. The number of nitrogens with one attached hydrogen (secondary N) is 2. The molecular weight excluding hydrogens is 294 g/mol. The van der Waals surface area contributed by atoms with Crippen molar-refractivity contribution in [3.05, 3.63) is 34.9 Å².